The third-order valence-corrected chi connectivity index (χ3v) is 2.25. The normalized spacial score (nSPS) is 10.1. The van der Waals surface area contributed by atoms with E-state index in [1.807, 2.05) is 36.1 Å². The molecule has 0 saturated carbocycles. The highest BCUT2D eigenvalue weighted by Gasteiger charge is 1.95. The van der Waals surface area contributed by atoms with Crippen molar-refractivity contribution < 1.29 is 0 Å². The van der Waals surface area contributed by atoms with E-state index in [1.165, 1.54) is 0 Å². The maximum absolute atomic E-state index is 4.15. The maximum Gasteiger partial charge on any atom is 0.127 e. The average molecular weight is 217 g/mol. The second-order valence-electron chi connectivity index (χ2n) is 3.38. The van der Waals surface area contributed by atoms with Crippen molar-refractivity contribution in [3.8, 4) is 0 Å². The Morgan fingerprint density at radius 3 is 3.06 bits per heavy atom. The minimum Gasteiger partial charge on any atom is -0.383 e. The summed E-state index contributed by atoms with van der Waals surface area (Å²) >= 11 is 0. The predicted molar refractivity (Wildman–Crippen MR) is 64.5 cm³/mol. The van der Waals surface area contributed by atoms with Gasteiger partial charge in [-0.2, -0.15) is 5.10 Å². The summed E-state index contributed by atoms with van der Waals surface area (Å²) in [6, 6.07) is 5.85. The molecule has 0 spiro atoms. The lowest BCUT2D eigenvalue weighted by Gasteiger charge is -2.07. The predicted octanol–water partition coefficient (Wildman–Crippen LogP) is 1.43. The largest absolute Gasteiger partial charge is 0.383 e. The Kier molecular flexibility index (Phi) is 3.38. The molecule has 0 atom stereocenters. The van der Waals surface area contributed by atoms with Crippen LogP contribution in [0, 0.1) is 0 Å². The van der Waals surface area contributed by atoms with Crippen molar-refractivity contribution in [2.24, 2.45) is 0 Å². The zero-order chi connectivity index (χ0) is 11.2. The standard InChI is InChI=1S/C11H15N5/c1-12-11-9-10(3-5-14-11)13-6-8-16-7-2-4-15-16/h2-5,7,9H,6,8H2,1H3,(H2,12,13,14). The molecule has 0 fully saturated rings. The van der Waals surface area contributed by atoms with Crippen molar-refractivity contribution in [3.05, 3.63) is 36.8 Å². The van der Waals surface area contributed by atoms with Crippen LogP contribution in [0.5, 0.6) is 0 Å². The van der Waals surface area contributed by atoms with Crippen LogP contribution < -0.4 is 10.6 Å². The lowest BCUT2D eigenvalue weighted by atomic mass is 10.4. The van der Waals surface area contributed by atoms with Crippen molar-refractivity contribution in [2.75, 3.05) is 24.2 Å². The molecule has 16 heavy (non-hydrogen) atoms. The molecule has 2 aromatic rings. The van der Waals surface area contributed by atoms with E-state index in [4.69, 9.17) is 0 Å². The van der Waals surface area contributed by atoms with Gasteiger partial charge in [-0.25, -0.2) is 4.98 Å². The van der Waals surface area contributed by atoms with Crippen LogP contribution in [0.2, 0.25) is 0 Å². The Labute approximate surface area is 94.5 Å². The number of nitrogens with zero attached hydrogens (tertiary/aromatic N) is 3. The Morgan fingerprint density at radius 2 is 2.31 bits per heavy atom. The van der Waals surface area contributed by atoms with Gasteiger partial charge in [0.25, 0.3) is 0 Å². The molecule has 84 valence electrons. The second-order valence-corrected chi connectivity index (χ2v) is 3.38. The summed E-state index contributed by atoms with van der Waals surface area (Å²) in [5.41, 5.74) is 1.06. The fourth-order valence-corrected chi connectivity index (χ4v) is 1.42. The quantitative estimate of drug-likeness (QED) is 0.795. The van der Waals surface area contributed by atoms with E-state index >= 15 is 0 Å². The van der Waals surface area contributed by atoms with Gasteiger partial charge in [0, 0.05) is 43.9 Å². The van der Waals surface area contributed by atoms with Crippen molar-refractivity contribution >= 4 is 11.5 Å². The van der Waals surface area contributed by atoms with Gasteiger partial charge < -0.3 is 10.6 Å². The van der Waals surface area contributed by atoms with E-state index in [1.54, 1.807) is 12.4 Å². The highest BCUT2D eigenvalue weighted by atomic mass is 15.3. The molecule has 0 bridgehead atoms. The fraction of sp³-hybridized carbons (Fsp3) is 0.273. The lowest BCUT2D eigenvalue weighted by molar-refractivity contribution is 0.638. The molecular formula is C11H15N5. The molecule has 5 heteroatoms. The van der Waals surface area contributed by atoms with Crippen LogP contribution in [-0.2, 0) is 6.54 Å². The van der Waals surface area contributed by atoms with Crippen LogP contribution in [0.1, 0.15) is 0 Å². The van der Waals surface area contributed by atoms with Crippen molar-refractivity contribution in [2.45, 2.75) is 6.54 Å². The van der Waals surface area contributed by atoms with Gasteiger partial charge in [0.1, 0.15) is 5.82 Å². The number of hydrogen-bond acceptors (Lipinski definition) is 4. The van der Waals surface area contributed by atoms with Crippen LogP contribution >= 0.6 is 0 Å². The number of pyridine rings is 1. The molecule has 0 aliphatic rings. The van der Waals surface area contributed by atoms with Gasteiger partial charge >= 0.3 is 0 Å². The molecule has 2 rings (SSSR count). The highest BCUT2D eigenvalue weighted by Crippen LogP contribution is 2.10. The van der Waals surface area contributed by atoms with E-state index in [0.717, 1.165) is 24.6 Å². The van der Waals surface area contributed by atoms with Crippen LogP contribution in [0.25, 0.3) is 0 Å². The minimum absolute atomic E-state index is 0.842. The Balaban J connectivity index is 1.85. The van der Waals surface area contributed by atoms with Gasteiger partial charge in [-0.1, -0.05) is 0 Å². The van der Waals surface area contributed by atoms with Gasteiger partial charge in [0.2, 0.25) is 0 Å². The van der Waals surface area contributed by atoms with Gasteiger partial charge in [0.15, 0.2) is 0 Å². The monoisotopic (exact) mass is 217 g/mol. The molecule has 2 aromatic heterocycles. The fourth-order valence-electron chi connectivity index (χ4n) is 1.42. The molecule has 5 nitrogen and oxygen atoms in total. The van der Waals surface area contributed by atoms with E-state index in [9.17, 15) is 0 Å². The molecule has 0 amide bonds. The minimum atomic E-state index is 0.842. The maximum atomic E-state index is 4.15. The first-order chi connectivity index (χ1) is 7.88. The summed E-state index contributed by atoms with van der Waals surface area (Å²) in [6.07, 6.45) is 5.51. The van der Waals surface area contributed by atoms with Crippen LogP contribution in [0.3, 0.4) is 0 Å². The molecule has 0 aromatic carbocycles. The first kappa shape index (κ1) is 10.5. The summed E-state index contributed by atoms with van der Waals surface area (Å²) in [6.45, 7) is 1.69. The summed E-state index contributed by atoms with van der Waals surface area (Å²) in [7, 11) is 1.86. The van der Waals surface area contributed by atoms with E-state index in [0.29, 0.717) is 0 Å². The summed E-state index contributed by atoms with van der Waals surface area (Å²) < 4.78 is 1.90. The summed E-state index contributed by atoms with van der Waals surface area (Å²) in [5.74, 6) is 0.865. The van der Waals surface area contributed by atoms with Crippen LogP contribution in [0.15, 0.2) is 36.8 Å². The molecule has 0 radical (unpaired) electrons. The Hall–Kier alpha value is -2.04. The number of nitrogens with one attached hydrogen (secondary N) is 2. The van der Waals surface area contributed by atoms with Gasteiger partial charge in [-0.05, 0) is 12.1 Å². The molecule has 0 aliphatic heterocycles. The Bertz CT molecular complexity index is 424. The van der Waals surface area contributed by atoms with Crippen molar-refractivity contribution in [3.63, 3.8) is 0 Å². The first-order valence-electron chi connectivity index (χ1n) is 5.23. The summed E-state index contributed by atoms with van der Waals surface area (Å²) in [5, 5.41) is 10.5. The SMILES string of the molecule is CNc1cc(NCCn2cccn2)ccn1. The van der Waals surface area contributed by atoms with E-state index in [2.05, 4.69) is 20.7 Å². The first-order valence-corrected chi connectivity index (χ1v) is 5.23. The van der Waals surface area contributed by atoms with E-state index in [-0.39, 0.29) is 0 Å². The van der Waals surface area contributed by atoms with E-state index < -0.39 is 0 Å². The number of hydrogen-bond donors (Lipinski definition) is 2. The lowest BCUT2D eigenvalue weighted by Crippen LogP contribution is -2.10. The van der Waals surface area contributed by atoms with Crippen LogP contribution in [-0.4, -0.2) is 28.4 Å². The average Bonchev–Trinajstić information content (AvgIpc) is 2.82. The molecule has 2 heterocycles. The van der Waals surface area contributed by atoms with Gasteiger partial charge in [-0.3, -0.25) is 4.68 Å². The number of aromatic nitrogens is 3. The molecule has 0 aliphatic carbocycles. The summed E-state index contributed by atoms with van der Waals surface area (Å²) in [4.78, 5) is 4.15. The third-order valence-electron chi connectivity index (χ3n) is 2.25. The third kappa shape index (κ3) is 2.73. The van der Waals surface area contributed by atoms with Crippen molar-refractivity contribution in [1.29, 1.82) is 0 Å². The molecular weight excluding hydrogens is 202 g/mol. The van der Waals surface area contributed by atoms with Gasteiger partial charge in [-0.15, -0.1) is 0 Å². The highest BCUT2D eigenvalue weighted by molar-refractivity contribution is 5.51. The smallest absolute Gasteiger partial charge is 0.127 e. The molecule has 0 saturated heterocycles. The number of rotatable bonds is 5. The van der Waals surface area contributed by atoms with Crippen molar-refractivity contribution in [1.82, 2.24) is 14.8 Å². The van der Waals surface area contributed by atoms with Gasteiger partial charge in [0.05, 0.1) is 6.54 Å². The van der Waals surface area contributed by atoms with Crippen LogP contribution in [0.4, 0.5) is 11.5 Å². The molecule has 0 unspecified atom stereocenters. The zero-order valence-electron chi connectivity index (χ0n) is 9.22. The topological polar surface area (TPSA) is 54.8 Å². The Morgan fingerprint density at radius 1 is 1.38 bits per heavy atom. The number of anilines is 2. The second kappa shape index (κ2) is 5.16. The zero-order valence-corrected chi connectivity index (χ0v) is 9.22. The molecule has 2 N–H and O–H groups in total.